The summed E-state index contributed by atoms with van der Waals surface area (Å²) in [6.07, 6.45) is 2.35. The molecule has 0 amide bonds. The Kier molecular flexibility index (Phi) is 3.83. The Morgan fingerprint density at radius 2 is 2.45 bits per heavy atom. The quantitative estimate of drug-likeness (QED) is 0.574. The molecule has 0 saturated carbocycles. The molecule has 3 heteroatoms. The van der Waals surface area contributed by atoms with Gasteiger partial charge in [0.1, 0.15) is 0 Å². The van der Waals surface area contributed by atoms with Crippen LogP contribution in [0.3, 0.4) is 0 Å². The maximum atomic E-state index is 5.35. The van der Waals surface area contributed by atoms with Gasteiger partial charge in [-0.25, -0.2) is 0 Å². The summed E-state index contributed by atoms with van der Waals surface area (Å²) < 4.78 is 5.35. The smallest absolute Gasteiger partial charge is 0.0645 e. The summed E-state index contributed by atoms with van der Waals surface area (Å²) in [6, 6.07) is 0.471. The second kappa shape index (κ2) is 4.70. The van der Waals surface area contributed by atoms with E-state index in [1.807, 2.05) is 5.06 Å². The van der Waals surface area contributed by atoms with Crippen LogP contribution in [0.15, 0.2) is 0 Å². The minimum absolute atomic E-state index is 0.471. The predicted octanol–water partition coefficient (Wildman–Crippen LogP) is 1.05. The predicted molar refractivity (Wildman–Crippen MR) is 43.2 cm³/mol. The zero-order chi connectivity index (χ0) is 8.10. The van der Waals surface area contributed by atoms with Gasteiger partial charge in [-0.15, -0.1) is 0 Å². The first-order valence-electron chi connectivity index (χ1n) is 4.27. The van der Waals surface area contributed by atoms with Gasteiger partial charge in [-0.1, -0.05) is 6.92 Å². The van der Waals surface area contributed by atoms with Gasteiger partial charge in [0, 0.05) is 13.2 Å². The van der Waals surface area contributed by atoms with E-state index in [9.17, 15) is 0 Å². The van der Waals surface area contributed by atoms with Gasteiger partial charge in [-0.3, -0.25) is 0 Å². The molecule has 0 aromatic rings. The monoisotopic (exact) mass is 159 g/mol. The van der Waals surface area contributed by atoms with E-state index in [0.29, 0.717) is 6.04 Å². The molecule has 1 fully saturated rings. The van der Waals surface area contributed by atoms with E-state index in [4.69, 9.17) is 9.57 Å². The SMILES string of the molecule is CCN(OC)C1CCCOC1. The van der Waals surface area contributed by atoms with E-state index in [0.717, 1.165) is 26.2 Å². The highest BCUT2D eigenvalue weighted by atomic mass is 16.7. The summed E-state index contributed by atoms with van der Waals surface area (Å²) in [5.74, 6) is 0. The van der Waals surface area contributed by atoms with Crippen LogP contribution < -0.4 is 0 Å². The van der Waals surface area contributed by atoms with Crippen LogP contribution >= 0.6 is 0 Å². The molecule has 1 heterocycles. The molecule has 0 radical (unpaired) electrons. The molecule has 11 heavy (non-hydrogen) atoms. The minimum Gasteiger partial charge on any atom is -0.380 e. The highest BCUT2D eigenvalue weighted by Gasteiger charge is 2.19. The lowest BCUT2D eigenvalue weighted by Gasteiger charge is -2.30. The van der Waals surface area contributed by atoms with Crippen molar-refractivity contribution < 1.29 is 9.57 Å². The van der Waals surface area contributed by atoms with E-state index in [1.54, 1.807) is 7.11 Å². The molecule has 1 aliphatic rings. The first-order chi connectivity index (χ1) is 5.38. The molecule has 0 bridgehead atoms. The molecule has 66 valence electrons. The van der Waals surface area contributed by atoms with Gasteiger partial charge in [0.05, 0.1) is 19.8 Å². The van der Waals surface area contributed by atoms with Gasteiger partial charge in [0.2, 0.25) is 0 Å². The van der Waals surface area contributed by atoms with Crippen LogP contribution in [-0.4, -0.2) is 38.0 Å². The number of hydrogen-bond acceptors (Lipinski definition) is 3. The summed E-state index contributed by atoms with van der Waals surface area (Å²) in [4.78, 5) is 5.19. The third-order valence-electron chi connectivity index (χ3n) is 2.09. The van der Waals surface area contributed by atoms with Crippen molar-refractivity contribution in [3.63, 3.8) is 0 Å². The van der Waals surface area contributed by atoms with Crippen molar-refractivity contribution in [1.29, 1.82) is 0 Å². The number of hydroxylamine groups is 2. The van der Waals surface area contributed by atoms with Crippen molar-refractivity contribution in [2.45, 2.75) is 25.8 Å². The number of likely N-dealkylation sites (N-methyl/N-ethyl adjacent to an activating group) is 1. The van der Waals surface area contributed by atoms with Crippen LogP contribution in [0.2, 0.25) is 0 Å². The van der Waals surface area contributed by atoms with Crippen molar-refractivity contribution in [1.82, 2.24) is 5.06 Å². The summed E-state index contributed by atoms with van der Waals surface area (Å²) >= 11 is 0. The highest BCUT2D eigenvalue weighted by Crippen LogP contribution is 2.12. The third kappa shape index (κ3) is 2.43. The topological polar surface area (TPSA) is 21.7 Å². The molecular formula is C8H17NO2. The van der Waals surface area contributed by atoms with Gasteiger partial charge in [-0.05, 0) is 12.8 Å². The molecule has 0 aromatic heterocycles. The molecule has 1 rings (SSSR count). The van der Waals surface area contributed by atoms with Gasteiger partial charge >= 0.3 is 0 Å². The van der Waals surface area contributed by atoms with E-state index >= 15 is 0 Å². The molecule has 1 atom stereocenters. The Bertz CT molecular complexity index is 98.3. The largest absolute Gasteiger partial charge is 0.380 e. The van der Waals surface area contributed by atoms with Crippen LogP contribution in [0.4, 0.5) is 0 Å². The van der Waals surface area contributed by atoms with Crippen LogP contribution in [0.1, 0.15) is 19.8 Å². The van der Waals surface area contributed by atoms with Crippen molar-refractivity contribution in [3.8, 4) is 0 Å². The van der Waals surface area contributed by atoms with Gasteiger partial charge in [-0.2, -0.15) is 5.06 Å². The first-order valence-corrected chi connectivity index (χ1v) is 4.27. The Hall–Kier alpha value is -0.120. The Morgan fingerprint density at radius 3 is 2.91 bits per heavy atom. The summed E-state index contributed by atoms with van der Waals surface area (Å²) in [7, 11) is 1.72. The highest BCUT2D eigenvalue weighted by molar-refractivity contribution is 4.68. The normalized spacial score (nSPS) is 25.9. The van der Waals surface area contributed by atoms with E-state index in [-0.39, 0.29) is 0 Å². The molecule has 1 aliphatic heterocycles. The van der Waals surface area contributed by atoms with E-state index in [2.05, 4.69) is 6.92 Å². The van der Waals surface area contributed by atoms with E-state index < -0.39 is 0 Å². The fourth-order valence-electron chi connectivity index (χ4n) is 1.49. The van der Waals surface area contributed by atoms with E-state index in [1.165, 1.54) is 6.42 Å². The number of nitrogens with zero attached hydrogens (tertiary/aromatic N) is 1. The van der Waals surface area contributed by atoms with Gasteiger partial charge in [0.15, 0.2) is 0 Å². The van der Waals surface area contributed by atoms with Crippen LogP contribution in [0.25, 0.3) is 0 Å². The summed E-state index contributed by atoms with van der Waals surface area (Å²) in [6.45, 7) is 4.77. The molecular weight excluding hydrogens is 142 g/mol. The third-order valence-corrected chi connectivity index (χ3v) is 2.09. The standard InChI is InChI=1S/C8H17NO2/c1-3-9(10-2)8-5-4-6-11-7-8/h8H,3-7H2,1-2H3. The van der Waals surface area contributed by atoms with Crippen molar-refractivity contribution in [2.75, 3.05) is 26.9 Å². The molecule has 3 nitrogen and oxygen atoms in total. The first kappa shape index (κ1) is 8.97. The molecule has 1 unspecified atom stereocenters. The molecule has 0 spiro atoms. The molecule has 0 N–H and O–H groups in total. The average molecular weight is 159 g/mol. The lowest BCUT2D eigenvalue weighted by molar-refractivity contribution is -0.181. The molecule has 0 aromatic carbocycles. The lowest BCUT2D eigenvalue weighted by atomic mass is 10.1. The number of hydrogen-bond donors (Lipinski definition) is 0. The fourth-order valence-corrected chi connectivity index (χ4v) is 1.49. The molecule has 0 aliphatic carbocycles. The van der Waals surface area contributed by atoms with Crippen LogP contribution in [0, 0.1) is 0 Å². The Labute approximate surface area is 68.2 Å². The average Bonchev–Trinajstić information content (AvgIpc) is 2.09. The van der Waals surface area contributed by atoms with Crippen molar-refractivity contribution >= 4 is 0 Å². The summed E-state index contributed by atoms with van der Waals surface area (Å²) in [5.41, 5.74) is 0. The maximum absolute atomic E-state index is 5.35. The van der Waals surface area contributed by atoms with Crippen molar-refractivity contribution in [3.05, 3.63) is 0 Å². The van der Waals surface area contributed by atoms with Crippen molar-refractivity contribution in [2.24, 2.45) is 0 Å². The summed E-state index contributed by atoms with van der Waals surface area (Å²) in [5, 5.41) is 1.99. The van der Waals surface area contributed by atoms with Gasteiger partial charge in [0.25, 0.3) is 0 Å². The van der Waals surface area contributed by atoms with Gasteiger partial charge < -0.3 is 9.57 Å². The minimum atomic E-state index is 0.471. The number of ether oxygens (including phenoxy) is 1. The second-order valence-corrected chi connectivity index (χ2v) is 2.79. The Balaban J connectivity index is 2.30. The molecule has 1 saturated heterocycles. The second-order valence-electron chi connectivity index (χ2n) is 2.79. The van der Waals surface area contributed by atoms with Crippen LogP contribution in [-0.2, 0) is 9.57 Å². The van der Waals surface area contributed by atoms with Crippen LogP contribution in [0.5, 0.6) is 0 Å². The lowest BCUT2D eigenvalue weighted by Crippen LogP contribution is -2.40. The number of rotatable bonds is 3. The zero-order valence-electron chi connectivity index (χ0n) is 7.38. The maximum Gasteiger partial charge on any atom is 0.0645 e. The fraction of sp³-hybridized carbons (Fsp3) is 1.00. The zero-order valence-corrected chi connectivity index (χ0v) is 7.38. The Morgan fingerprint density at radius 1 is 1.64 bits per heavy atom.